The third-order valence-electron chi connectivity index (χ3n) is 8.61. The van der Waals surface area contributed by atoms with Gasteiger partial charge in [-0.1, -0.05) is 84.9 Å². The van der Waals surface area contributed by atoms with Crippen LogP contribution in [0.1, 0.15) is 0 Å². The number of anilines is 3. The van der Waals surface area contributed by atoms with Crippen molar-refractivity contribution in [3.8, 4) is 0 Å². The first-order valence-corrected chi connectivity index (χ1v) is 13.8. The van der Waals surface area contributed by atoms with E-state index < -0.39 is 0 Å². The molecule has 9 rings (SSSR count). The van der Waals surface area contributed by atoms with Gasteiger partial charge < -0.3 is 13.9 Å². The van der Waals surface area contributed by atoms with Gasteiger partial charge in [-0.3, -0.25) is 0 Å². The Hall–Kier alpha value is -5.28. The Labute approximate surface area is 231 Å². The molecule has 0 saturated carbocycles. The van der Waals surface area contributed by atoms with Crippen LogP contribution in [0.3, 0.4) is 0 Å². The van der Waals surface area contributed by atoms with Gasteiger partial charge >= 0.3 is 0 Å². The molecule has 40 heavy (non-hydrogen) atoms. The minimum absolute atomic E-state index is 1.14. The number of fused-ring (bicyclic) bond motifs is 5. The Morgan fingerprint density at radius 1 is 0.425 bits per heavy atom. The van der Waals surface area contributed by atoms with Gasteiger partial charge in [0.15, 0.2) is 0 Å². The molecule has 0 bridgehead atoms. The van der Waals surface area contributed by atoms with Crippen LogP contribution >= 0.6 is 0 Å². The summed E-state index contributed by atoms with van der Waals surface area (Å²) >= 11 is 0. The van der Waals surface area contributed by atoms with E-state index in [-0.39, 0.29) is 0 Å². The molecule has 0 atom stereocenters. The van der Waals surface area contributed by atoms with Gasteiger partial charge in [-0.25, -0.2) is 0 Å². The lowest BCUT2D eigenvalue weighted by atomic mass is 10.0. The number of hydrogen-bond acceptors (Lipinski definition) is 1. The van der Waals surface area contributed by atoms with Crippen LogP contribution in [0, 0.1) is 0 Å². The van der Waals surface area contributed by atoms with Crippen LogP contribution in [0.15, 0.2) is 133 Å². The number of aromatic nitrogens is 2. The standard InChI is InChI=1S/C37H25N3/c1-38-32-21-11-17-28-30-19-10-18-29-27-16-8-9-20-31(27)40(37(29)30)34-23-26(22-33(38)36(34)35(28)32)39(24-12-4-2-5-13-24)25-14-6-3-7-15-25/h2-23H,1H3. The second-order valence-corrected chi connectivity index (χ2v) is 10.7. The molecular formula is C37H25N3. The summed E-state index contributed by atoms with van der Waals surface area (Å²) in [7, 11) is 2.20. The number of para-hydroxylation sites is 4. The van der Waals surface area contributed by atoms with Crippen molar-refractivity contribution in [2.75, 3.05) is 4.90 Å². The fourth-order valence-electron chi connectivity index (χ4n) is 6.95. The molecule has 0 aliphatic heterocycles. The van der Waals surface area contributed by atoms with Gasteiger partial charge in [-0.15, -0.1) is 0 Å². The van der Waals surface area contributed by atoms with Gasteiger partial charge in [-0.2, -0.15) is 0 Å². The fourth-order valence-corrected chi connectivity index (χ4v) is 6.95. The van der Waals surface area contributed by atoms with Crippen molar-refractivity contribution < 1.29 is 0 Å². The highest BCUT2D eigenvalue weighted by Gasteiger charge is 2.22. The molecule has 3 aromatic heterocycles. The molecule has 0 N–H and O–H groups in total. The summed E-state index contributed by atoms with van der Waals surface area (Å²) in [6.45, 7) is 0. The molecule has 0 aliphatic rings. The predicted molar refractivity (Wildman–Crippen MR) is 170 cm³/mol. The van der Waals surface area contributed by atoms with Crippen LogP contribution in [0.25, 0.3) is 59.9 Å². The average Bonchev–Trinajstić information content (AvgIpc) is 3.46. The zero-order chi connectivity index (χ0) is 26.4. The normalized spacial score (nSPS) is 12.1. The Balaban J connectivity index is 1.56. The zero-order valence-corrected chi connectivity index (χ0v) is 22.0. The number of nitrogens with zero attached hydrogens (tertiary/aromatic N) is 3. The molecule has 188 valence electrons. The van der Waals surface area contributed by atoms with E-state index in [4.69, 9.17) is 0 Å². The lowest BCUT2D eigenvalue weighted by molar-refractivity contribution is 1.01. The lowest BCUT2D eigenvalue weighted by Crippen LogP contribution is -2.10. The van der Waals surface area contributed by atoms with E-state index in [1.165, 1.54) is 59.9 Å². The van der Waals surface area contributed by atoms with Crippen LogP contribution in [-0.4, -0.2) is 8.97 Å². The molecule has 6 aromatic carbocycles. The monoisotopic (exact) mass is 511 g/mol. The van der Waals surface area contributed by atoms with Crippen molar-refractivity contribution >= 4 is 77.0 Å². The Morgan fingerprint density at radius 3 is 1.73 bits per heavy atom. The van der Waals surface area contributed by atoms with Crippen LogP contribution in [0.4, 0.5) is 17.1 Å². The highest BCUT2D eigenvalue weighted by molar-refractivity contribution is 6.31. The maximum atomic E-state index is 2.51. The van der Waals surface area contributed by atoms with Crippen molar-refractivity contribution in [2.24, 2.45) is 7.05 Å². The molecule has 0 amide bonds. The smallest absolute Gasteiger partial charge is 0.0619 e. The second-order valence-electron chi connectivity index (χ2n) is 10.7. The minimum atomic E-state index is 1.14. The summed E-state index contributed by atoms with van der Waals surface area (Å²) in [5.74, 6) is 0. The Morgan fingerprint density at radius 2 is 0.975 bits per heavy atom. The number of rotatable bonds is 3. The second kappa shape index (κ2) is 7.87. The van der Waals surface area contributed by atoms with Crippen molar-refractivity contribution in [1.29, 1.82) is 0 Å². The highest BCUT2D eigenvalue weighted by Crippen LogP contribution is 2.45. The van der Waals surface area contributed by atoms with Crippen LogP contribution < -0.4 is 4.90 Å². The number of benzene rings is 6. The summed E-state index contributed by atoms with van der Waals surface area (Å²) in [5.41, 5.74) is 9.62. The molecule has 3 nitrogen and oxygen atoms in total. The van der Waals surface area contributed by atoms with Gasteiger partial charge in [0.05, 0.1) is 27.8 Å². The van der Waals surface area contributed by atoms with E-state index >= 15 is 0 Å². The molecular weight excluding hydrogens is 486 g/mol. The molecule has 3 heteroatoms. The van der Waals surface area contributed by atoms with Crippen LogP contribution in [0.2, 0.25) is 0 Å². The van der Waals surface area contributed by atoms with E-state index in [0.29, 0.717) is 0 Å². The van der Waals surface area contributed by atoms with Crippen molar-refractivity contribution in [1.82, 2.24) is 8.97 Å². The molecule has 0 radical (unpaired) electrons. The fraction of sp³-hybridized carbons (Fsp3) is 0.0270. The van der Waals surface area contributed by atoms with Crippen molar-refractivity contribution in [3.63, 3.8) is 0 Å². The van der Waals surface area contributed by atoms with E-state index in [1.54, 1.807) is 0 Å². The average molecular weight is 512 g/mol. The van der Waals surface area contributed by atoms with E-state index in [2.05, 4.69) is 154 Å². The van der Waals surface area contributed by atoms with Crippen LogP contribution in [-0.2, 0) is 7.05 Å². The third kappa shape index (κ3) is 2.73. The molecule has 9 aromatic rings. The van der Waals surface area contributed by atoms with Gasteiger partial charge in [0.2, 0.25) is 0 Å². The first-order chi connectivity index (χ1) is 19.8. The summed E-state index contributed by atoms with van der Waals surface area (Å²) in [5, 5.41) is 7.79. The predicted octanol–water partition coefficient (Wildman–Crippen LogP) is 9.95. The topological polar surface area (TPSA) is 12.6 Å². The minimum Gasteiger partial charge on any atom is -0.343 e. The Bertz CT molecular complexity index is 2340. The molecule has 0 fully saturated rings. The van der Waals surface area contributed by atoms with Crippen molar-refractivity contribution in [3.05, 3.63) is 133 Å². The van der Waals surface area contributed by atoms with E-state index in [9.17, 15) is 0 Å². The van der Waals surface area contributed by atoms with E-state index in [1.807, 2.05) is 0 Å². The highest BCUT2D eigenvalue weighted by atomic mass is 15.1. The zero-order valence-electron chi connectivity index (χ0n) is 22.0. The quantitative estimate of drug-likeness (QED) is 0.230. The first kappa shape index (κ1) is 21.6. The summed E-state index contributed by atoms with van der Waals surface area (Å²) in [6, 6.07) is 48.5. The molecule has 0 aliphatic carbocycles. The first-order valence-electron chi connectivity index (χ1n) is 13.8. The number of hydrogen-bond donors (Lipinski definition) is 0. The summed E-state index contributed by atoms with van der Waals surface area (Å²) in [4.78, 5) is 2.37. The van der Waals surface area contributed by atoms with Gasteiger partial charge in [-0.05, 0) is 53.9 Å². The molecule has 0 spiro atoms. The maximum Gasteiger partial charge on any atom is 0.0619 e. The number of aryl methyl sites for hydroxylation is 1. The van der Waals surface area contributed by atoms with Gasteiger partial charge in [0, 0.05) is 50.9 Å². The van der Waals surface area contributed by atoms with Crippen LogP contribution in [0.5, 0.6) is 0 Å². The van der Waals surface area contributed by atoms with E-state index in [0.717, 1.165) is 17.1 Å². The summed E-state index contributed by atoms with van der Waals surface area (Å²) in [6.07, 6.45) is 0. The maximum absolute atomic E-state index is 2.51. The molecule has 0 unspecified atom stereocenters. The van der Waals surface area contributed by atoms with Gasteiger partial charge in [0.1, 0.15) is 0 Å². The largest absolute Gasteiger partial charge is 0.343 e. The van der Waals surface area contributed by atoms with Gasteiger partial charge in [0.25, 0.3) is 0 Å². The third-order valence-corrected chi connectivity index (χ3v) is 8.61. The molecule has 3 heterocycles. The SMILES string of the molecule is Cn1c2cccc3c4cccc5c6ccccc6n(c6cc(N(c7ccccc7)c7ccccc7)cc1c6c32)c45. The van der Waals surface area contributed by atoms with Crippen molar-refractivity contribution in [2.45, 2.75) is 0 Å². The Kier molecular flexibility index (Phi) is 4.26. The lowest BCUT2D eigenvalue weighted by Gasteiger charge is -2.26. The summed E-state index contributed by atoms with van der Waals surface area (Å²) < 4.78 is 4.88. The molecule has 0 saturated heterocycles.